The maximum atomic E-state index is 12.6. The Balaban J connectivity index is 1.90. The van der Waals surface area contributed by atoms with Gasteiger partial charge in [0.2, 0.25) is 0 Å². The summed E-state index contributed by atoms with van der Waals surface area (Å²) >= 11 is 0. The number of alkyl halides is 3. The third-order valence-electron chi connectivity index (χ3n) is 3.67. The summed E-state index contributed by atoms with van der Waals surface area (Å²) in [6, 6.07) is 9.26. The van der Waals surface area contributed by atoms with Crippen molar-refractivity contribution in [3.8, 4) is 17.1 Å². The quantitative estimate of drug-likeness (QED) is 0.779. The predicted molar refractivity (Wildman–Crippen MR) is 83.5 cm³/mol. The minimum atomic E-state index is -4.39. The largest absolute Gasteiger partial charge is 0.478 e. The van der Waals surface area contributed by atoms with Gasteiger partial charge in [0.25, 0.3) is 0 Å². The molecular weight excluding hydrogens is 335 g/mol. The van der Waals surface area contributed by atoms with Gasteiger partial charge in [-0.2, -0.15) is 13.2 Å². The SMILES string of the molecule is Cc1cc(-c2ncn(-c3ccc(C(F)(F)F)cc3)n2)ccc1C(=O)O. The number of aromatic carboxylic acids is 1. The number of carboxylic acid groups (broad SMARTS) is 1. The van der Waals surface area contributed by atoms with E-state index in [4.69, 9.17) is 5.11 Å². The number of aromatic nitrogens is 3. The van der Waals surface area contributed by atoms with Crippen LogP contribution in [0.1, 0.15) is 21.5 Å². The summed E-state index contributed by atoms with van der Waals surface area (Å²) in [5, 5.41) is 13.3. The zero-order valence-electron chi connectivity index (χ0n) is 12.9. The first kappa shape index (κ1) is 16.7. The monoisotopic (exact) mass is 347 g/mol. The number of aryl methyl sites for hydroxylation is 1. The Hall–Kier alpha value is -3.16. The van der Waals surface area contributed by atoms with Crippen molar-refractivity contribution in [1.82, 2.24) is 14.8 Å². The van der Waals surface area contributed by atoms with Crippen LogP contribution in [0.5, 0.6) is 0 Å². The lowest BCUT2D eigenvalue weighted by Gasteiger charge is -2.07. The van der Waals surface area contributed by atoms with Gasteiger partial charge in [-0.1, -0.05) is 6.07 Å². The van der Waals surface area contributed by atoms with E-state index in [9.17, 15) is 18.0 Å². The second kappa shape index (κ2) is 6.04. The van der Waals surface area contributed by atoms with Gasteiger partial charge in [0.05, 0.1) is 16.8 Å². The normalized spacial score (nSPS) is 11.5. The smallest absolute Gasteiger partial charge is 0.416 e. The van der Waals surface area contributed by atoms with Crippen LogP contribution in [0.3, 0.4) is 0 Å². The maximum absolute atomic E-state index is 12.6. The van der Waals surface area contributed by atoms with E-state index in [1.165, 1.54) is 29.2 Å². The summed E-state index contributed by atoms with van der Waals surface area (Å²) in [5.41, 5.74) is 1.07. The fourth-order valence-electron chi connectivity index (χ4n) is 2.37. The number of carboxylic acids is 1. The minimum Gasteiger partial charge on any atom is -0.478 e. The van der Waals surface area contributed by atoms with E-state index in [0.717, 1.165) is 12.1 Å². The molecule has 0 amide bonds. The Morgan fingerprint density at radius 2 is 1.80 bits per heavy atom. The number of halogens is 3. The van der Waals surface area contributed by atoms with Crippen LogP contribution in [0.2, 0.25) is 0 Å². The molecule has 1 aromatic heterocycles. The second-order valence-electron chi connectivity index (χ2n) is 5.39. The third kappa shape index (κ3) is 3.37. The Kier molecular flexibility index (Phi) is 4.03. The van der Waals surface area contributed by atoms with E-state index in [1.54, 1.807) is 19.1 Å². The van der Waals surface area contributed by atoms with Crippen molar-refractivity contribution in [2.24, 2.45) is 0 Å². The molecule has 0 unspecified atom stereocenters. The minimum absolute atomic E-state index is 0.186. The molecule has 0 atom stereocenters. The van der Waals surface area contributed by atoms with Crippen LogP contribution >= 0.6 is 0 Å². The first-order valence-electron chi connectivity index (χ1n) is 7.19. The Morgan fingerprint density at radius 3 is 2.36 bits per heavy atom. The lowest BCUT2D eigenvalue weighted by Crippen LogP contribution is -2.05. The van der Waals surface area contributed by atoms with E-state index in [-0.39, 0.29) is 5.56 Å². The highest BCUT2D eigenvalue weighted by atomic mass is 19.4. The van der Waals surface area contributed by atoms with E-state index in [0.29, 0.717) is 22.6 Å². The molecule has 0 aliphatic carbocycles. The molecule has 2 aromatic carbocycles. The first-order valence-corrected chi connectivity index (χ1v) is 7.19. The summed E-state index contributed by atoms with van der Waals surface area (Å²) in [6.45, 7) is 1.67. The van der Waals surface area contributed by atoms with Gasteiger partial charge in [0, 0.05) is 5.56 Å². The zero-order chi connectivity index (χ0) is 18.2. The van der Waals surface area contributed by atoms with Crippen LogP contribution in [0.15, 0.2) is 48.8 Å². The van der Waals surface area contributed by atoms with Crippen LogP contribution in [-0.4, -0.2) is 25.8 Å². The maximum Gasteiger partial charge on any atom is 0.416 e. The summed E-state index contributed by atoms with van der Waals surface area (Å²) in [5.74, 6) is -0.674. The molecule has 0 saturated carbocycles. The second-order valence-corrected chi connectivity index (χ2v) is 5.39. The highest BCUT2D eigenvalue weighted by Crippen LogP contribution is 2.29. The number of hydrogen-bond acceptors (Lipinski definition) is 3. The molecular formula is C17H12F3N3O2. The molecule has 1 heterocycles. The number of hydrogen-bond donors (Lipinski definition) is 1. The van der Waals surface area contributed by atoms with E-state index >= 15 is 0 Å². The number of benzene rings is 2. The molecule has 0 saturated heterocycles. The van der Waals surface area contributed by atoms with Crippen molar-refractivity contribution in [3.63, 3.8) is 0 Å². The molecule has 0 aliphatic heterocycles. The highest BCUT2D eigenvalue weighted by Gasteiger charge is 2.30. The van der Waals surface area contributed by atoms with Gasteiger partial charge >= 0.3 is 12.1 Å². The van der Waals surface area contributed by atoms with E-state index in [1.807, 2.05) is 0 Å². The van der Waals surface area contributed by atoms with Crippen LogP contribution in [0.4, 0.5) is 13.2 Å². The topological polar surface area (TPSA) is 68.0 Å². The third-order valence-corrected chi connectivity index (χ3v) is 3.67. The van der Waals surface area contributed by atoms with Gasteiger partial charge in [0.1, 0.15) is 6.33 Å². The molecule has 1 N–H and O–H groups in total. The van der Waals surface area contributed by atoms with Crippen LogP contribution in [-0.2, 0) is 6.18 Å². The average Bonchev–Trinajstić information content (AvgIpc) is 3.03. The van der Waals surface area contributed by atoms with Crippen molar-refractivity contribution in [3.05, 3.63) is 65.5 Å². The molecule has 128 valence electrons. The standard InChI is InChI=1S/C17H12F3N3O2/c1-10-8-11(2-7-14(10)16(24)25)15-21-9-23(22-15)13-5-3-12(4-6-13)17(18,19)20/h2-9H,1H3,(H,24,25). The summed E-state index contributed by atoms with van der Waals surface area (Å²) in [4.78, 5) is 15.2. The molecule has 0 spiro atoms. The van der Waals surface area contributed by atoms with Gasteiger partial charge in [-0.05, 0) is 48.9 Å². The van der Waals surface area contributed by atoms with Gasteiger partial charge in [0.15, 0.2) is 5.82 Å². The van der Waals surface area contributed by atoms with Crippen molar-refractivity contribution in [2.45, 2.75) is 13.1 Å². The van der Waals surface area contributed by atoms with Crippen LogP contribution in [0, 0.1) is 6.92 Å². The molecule has 0 radical (unpaired) electrons. The summed E-state index contributed by atoms with van der Waals surface area (Å²) in [7, 11) is 0. The van der Waals surface area contributed by atoms with Crippen molar-refractivity contribution >= 4 is 5.97 Å². The van der Waals surface area contributed by atoms with Crippen LogP contribution < -0.4 is 0 Å². The average molecular weight is 347 g/mol. The van der Waals surface area contributed by atoms with Crippen molar-refractivity contribution in [2.75, 3.05) is 0 Å². The molecule has 0 fully saturated rings. The Labute approximate surface area is 140 Å². The fraction of sp³-hybridized carbons (Fsp3) is 0.118. The molecule has 3 rings (SSSR count). The van der Waals surface area contributed by atoms with E-state index in [2.05, 4.69) is 10.1 Å². The Morgan fingerprint density at radius 1 is 1.12 bits per heavy atom. The van der Waals surface area contributed by atoms with Gasteiger partial charge in [-0.15, -0.1) is 5.10 Å². The molecule has 8 heteroatoms. The van der Waals surface area contributed by atoms with Gasteiger partial charge in [-0.25, -0.2) is 14.5 Å². The summed E-state index contributed by atoms with van der Waals surface area (Å²) in [6.07, 6.45) is -3.01. The van der Waals surface area contributed by atoms with Crippen molar-refractivity contribution in [1.29, 1.82) is 0 Å². The lowest BCUT2D eigenvalue weighted by atomic mass is 10.1. The number of nitrogens with zero attached hydrogens (tertiary/aromatic N) is 3. The van der Waals surface area contributed by atoms with Crippen LogP contribution in [0.25, 0.3) is 17.1 Å². The lowest BCUT2D eigenvalue weighted by molar-refractivity contribution is -0.137. The Bertz CT molecular complexity index is 931. The fourth-order valence-corrected chi connectivity index (χ4v) is 2.37. The zero-order valence-corrected chi connectivity index (χ0v) is 12.9. The van der Waals surface area contributed by atoms with Gasteiger partial charge < -0.3 is 5.11 Å². The molecule has 0 bridgehead atoms. The van der Waals surface area contributed by atoms with Gasteiger partial charge in [-0.3, -0.25) is 0 Å². The number of rotatable bonds is 3. The molecule has 0 aliphatic rings. The van der Waals surface area contributed by atoms with Crippen molar-refractivity contribution < 1.29 is 23.1 Å². The van der Waals surface area contributed by atoms with E-state index < -0.39 is 17.7 Å². The molecule has 3 aromatic rings. The molecule has 25 heavy (non-hydrogen) atoms. The summed E-state index contributed by atoms with van der Waals surface area (Å²) < 4.78 is 39.2. The number of carbonyl (C=O) groups is 1. The highest BCUT2D eigenvalue weighted by molar-refractivity contribution is 5.90. The predicted octanol–water partition coefficient (Wildman–Crippen LogP) is 3.96. The molecule has 5 nitrogen and oxygen atoms in total. The first-order chi connectivity index (χ1) is 11.8.